The van der Waals surface area contributed by atoms with Crippen molar-refractivity contribution < 1.29 is 19.1 Å². The Morgan fingerprint density at radius 3 is 2.94 bits per heavy atom. The largest absolute Gasteiger partial charge is 0.481 e. The van der Waals surface area contributed by atoms with Gasteiger partial charge in [-0.2, -0.15) is 0 Å². The number of likely N-dealkylation sites (tertiary alicyclic amines) is 1. The predicted molar refractivity (Wildman–Crippen MR) is 64.3 cm³/mol. The first-order valence-electron chi connectivity index (χ1n) is 6.13. The van der Waals surface area contributed by atoms with Crippen LogP contribution in [0.1, 0.15) is 35.4 Å². The van der Waals surface area contributed by atoms with E-state index in [2.05, 4.69) is 0 Å². The first-order chi connectivity index (χ1) is 8.58. The van der Waals surface area contributed by atoms with Gasteiger partial charge in [0.1, 0.15) is 0 Å². The van der Waals surface area contributed by atoms with Crippen LogP contribution in [0.3, 0.4) is 0 Å². The van der Waals surface area contributed by atoms with Crippen molar-refractivity contribution in [3.05, 3.63) is 23.7 Å². The molecule has 1 aliphatic heterocycles. The Hall–Kier alpha value is -1.78. The second-order valence-electron chi connectivity index (χ2n) is 4.79. The summed E-state index contributed by atoms with van der Waals surface area (Å²) in [6.45, 7) is 3.01. The lowest BCUT2D eigenvalue weighted by Crippen LogP contribution is -2.40. The number of aryl methyl sites for hydroxylation is 1. The van der Waals surface area contributed by atoms with E-state index in [0.29, 0.717) is 18.8 Å². The third kappa shape index (κ3) is 2.72. The zero-order chi connectivity index (χ0) is 13.1. The first-order valence-corrected chi connectivity index (χ1v) is 6.13. The minimum Gasteiger partial charge on any atom is -0.481 e. The van der Waals surface area contributed by atoms with Crippen LogP contribution in [-0.2, 0) is 4.79 Å². The summed E-state index contributed by atoms with van der Waals surface area (Å²) in [5, 5.41) is 8.80. The number of carbonyl (C=O) groups is 2. The van der Waals surface area contributed by atoms with Crippen LogP contribution in [0.25, 0.3) is 0 Å². The molecule has 0 radical (unpaired) electrons. The molecule has 1 aromatic heterocycles. The summed E-state index contributed by atoms with van der Waals surface area (Å²) in [5.74, 6) is -0.516. The quantitative estimate of drug-likeness (QED) is 0.890. The number of piperidine rings is 1. The highest BCUT2D eigenvalue weighted by molar-refractivity contribution is 5.92. The van der Waals surface area contributed by atoms with Gasteiger partial charge in [-0.25, -0.2) is 0 Å². The van der Waals surface area contributed by atoms with Gasteiger partial charge < -0.3 is 14.4 Å². The molecule has 1 unspecified atom stereocenters. The highest BCUT2D eigenvalue weighted by Gasteiger charge is 2.27. The zero-order valence-electron chi connectivity index (χ0n) is 10.4. The fourth-order valence-electron chi connectivity index (χ4n) is 2.40. The SMILES string of the molecule is Cc1ccoc1C(=O)N1CCCC(CC(=O)O)C1. The van der Waals surface area contributed by atoms with Gasteiger partial charge in [0.25, 0.3) is 5.91 Å². The van der Waals surface area contributed by atoms with Crippen LogP contribution in [0.15, 0.2) is 16.7 Å². The monoisotopic (exact) mass is 251 g/mol. The van der Waals surface area contributed by atoms with E-state index in [-0.39, 0.29) is 18.2 Å². The molecule has 98 valence electrons. The van der Waals surface area contributed by atoms with E-state index in [0.717, 1.165) is 18.4 Å². The Bertz CT molecular complexity index is 452. The minimum absolute atomic E-state index is 0.0514. The Labute approximate surface area is 105 Å². The molecule has 0 aliphatic carbocycles. The van der Waals surface area contributed by atoms with Crippen molar-refractivity contribution in [3.63, 3.8) is 0 Å². The number of carbonyl (C=O) groups excluding carboxylic acids is 1. The van der Waals surface area contributed by atoms with E-state index in [9.17, 15) is 9.59 Å². The summed E-state index contributed by atoms with van der Waals surface area (Å²) in [6, 6.07) is 1.76. The molecule has 1 amide bonds. The molecule has 1 saturated heterocycles. The van der Waals surface area contributed by atoms with E-state index in [4.69, 9.17) is 9.52 Å². The molecule has 0 aromatic carbocycles. The van der Waals surface area contributed by atoms with Gasteiger partial charge in [0.05, 0.1) is 6.26 Å². The molecule has 5 nitrogen and oxygen atoms in total. The van der Waals surface area contributed by atoms with Crippen molar-refractivity contribution in [3.8, 4) is 0 Å². The molecule has 0 spiro atoms. The number of carboxylic acids is 1. The maximum absolute atomic E-state index is 12.2. The minimum atomic E-state index is -0.802. The van der Waals surface area contributed by atoms with Gasteiger partial charge in [0.2, 0.25) is 0 Å². The highest BCUT2D eigenvalue weighted by Crippen LogP contribution is 2.22. The van der Waals surface area contributed by atoms with E-state index < -0.39 is 5.97 Å². The molecule has 1 aliphatic rings. The van der Waals surface area contributed by atoms with Crippen molar-refractivity contribution >= 4 is 11.9 Å². The molecule has 2 rings (SSSR count). The van der Waals surface area contributed by atoms with Crippen LogP contribution in [0, 0.1) is 12.8 Å². The van der Waals surface area contributed by atoms with Crippen molar-refractivity contribution in [2.75, 3.05) is 13.1 Å². The number of furan rings is 1. The van der Waals surface area contributed by atoms with E-state index in [1.807, 2.05) is 6.92 Å². The average Bonchev–Trinajstić information content (AvgIpc) is 2.74. The molecule has 5 heteroatoms. The van der Waals surface area contributed by atoms with Crippen molar-refractivity contribution in [2.45, 2.75) is 26.2 Å². The van der Waals surface area contributed by atoms with Gasteiger partial charge in [-0.05, 0) is 31.7 Å². The van der Waals surface area contributed by atoms with Gasteiger partial charge >= 0.3 is 5.97 Å². The zero-order valence-corrected chi connectivity index (χ0v) is 10.4. The lowest BCUT2D eigenvalue weighted by Gasteiger charge is -2.31. The number of hydrogen-bond donors (Lipinski definition) is 1. The Kier molecular flexibility index (Phi) is 3.69. The summed E-state index contributed by atoms with van der Waals surface area (Å²) in [5.41, 5.74) is 0.820. The molecule has 1 fully saturated rings. The van der Waals surface area contributed by atoms with Crippen LogP contribution in [0.5, 0.6) is 0 Å². The number of rotatable bonds is 3. The maximum atomic E-state index is 12.2. The summed E-state index contributed by atoms with van der Waals surface area (Å²) < 4.78 is 5.19. The Morgan fingerprint density at radius 2 is 2.33 bits per heavy atom. The van der Waals surface area contributed by atoms with Gasteiger partial charge in [0, 0.05) is 25.1 Å². The van der Waals surface area contributed by atoms with Gasteiger partial charge in [-0.15, -0.1) is 0 Å². The predicted octanol–water partition coefficient (Wildman–Crippen LogP) is 1.91. The van der Waals surface area contributed by atoms with Gasteiger partial charge in [-0.1, -0.05) is 0 Å². The summed E-state index contributed by atoms with van der Waals surface area (Å²) in [4.78, 5) is 24.6. The molecular formula is C13H17NO4. The molecule has 0 saturated carbocycles. The molecule has 1 N–H and O–H groups in total. The number of hydrogen-bond acceptors (Lipinski definition) is 3. The molecule has 1 aromatic rings. The van der Waals surface area contributed by atoms with E-state index >= 15 is 0 Å². The second kappa shape index (κ2) is 5.25. The van der Waals surface area contributed by atoms with Gasteiger partial charge in [-0.3, -0.25) is 9.59 Å². The van der Waals surface area contributed by atoms with Crippen LogP contribution in [0.4, 0.5) is 0 Å². The third-order valence-corrected chi connectivity index (χ3v) is 3.33. The number of aliphatic carboxylic acids is 1. The van der Waals surface area contributed by atoms with Crippen molar-refractivity contribution in [2.24, 2.45) is 5.92 Å². The number of amides is 1. The Balaban J connectivity index is 2.03. The molecule has 0 bridgehead atoms. The first kappa shape index (κ1) is 12.7. The van der Waals surface area contributed by atoms with Gasteiger partial charge in [0.15, 0.2) is 5.76 Å². The van der Waals surface area contributed by atoms with Crippen LogP contribution >= 0.6 is 0 Å². The molecule has 2 heterocycles. The number of carboxylic acid groups (broad SMARTS) is 1. The van der Waals surface area contributed by atoms with Crippen molar-refractivity contribution in [1.82, 2.24) is 4.90 Å². The lowest BCUT2D eigenvalue weighted by atomic mass is 9.94. The highest BCUT2D eigenvalue weighted by atomic mass is 16.4. The summed E-state index contributed by atoms with van der Waals surface area (Å²) in [7, 11) is 0. The topological polar surface area (TPSA) is 70.8 Å². The summed E-state index contributed by atoms with van der Waals surface area (Å²) in [6.07, 6.45) is 3.35. The molecular weight excluding hydrogens is 234 g/mol. The summed E-state index contributed by atoms with van der Waals surface area (Å²) >= 11 is 0. The maximum Gasteiger partial charge on any atom is 0.303 e. The van der Waals surface area contributed by atoms with Crippen LogP contribution in [-0.4, -0.2) is 35.0 Å². The normalized spacial score (nSPS) is 19.8. The average molecular weight is 251 g/mol. The van der Waals surface area contributed by atoms with Crippen LogP contribution < -0.4 is 0 Å². The Morgan fingerprint density at radius 1 is 1.56 bits per heavy atom. The van der Waals surface area contributed by atoms with E-state index in [1.165, 1.54) is 6.26 Å². The number of nitrogens with zero attached hydrogens (tertiary/aromatic N) is 1. The standard InChI is InChI=1S/C13H17NO4/c1-9-4-6-18-12(9)13(17)14-5-2-3-10(8-14)7-11(15)16/h4,6,10H,2-3,5,7-8H2,1H3,(H,15,16). The molecule has 18 heavy (non-hydrogen) atoms. The smallest absolute Gasteiger partial charge is 0.303 e. The molecule has 1 atom stereocenters. The third-order valence-electron chi connectivity index (χ3n) is 3.33. The lowest BCUT2D eigenvalue weighted by molar-refractivity contribution is -0.138. The van der Waals surface area contributed by atoms with Crippen LogP contribution in [0.2, 0.25) is 0 Å². The fourth-order valence-corrected chi connectivity index (χ4v) is 2.40. The fraction of sp³-hybridized carbons (Fsp3) is 0.538. The van der Waals surface area contributed by atoms with E-state index in [1.54, 1.807) is 11.0 Å². The second-order valence-corrected chi connectivity index (χ2v) is 4.79. The van der Waals surface area contributed by atoms with Crippen molar-refractivity contribution in [1.29, 1.82) is 0 Å².